The van der Waals surface area contributed by atoms with E-state index in [4.69, 9.17) is 0 Å². The van der Waals surface area contributed by atoms with Crippen LogP contribution in [0.15, 0.2) is 36.7 Å². The second kappa shape index (κ2) is 3.09. The maximum Gasteiger partial charge on any atom is 0.0481 e. The molecule has 2 aromatic rings. The minimum absolute atomic E-state index is 1.24. The number of nitrogens with zero attached hydrogens (tertiary/aromatic N) is 1. The molecule has 1 aromatic heterocycles. The third-order valence-electron chi connectivity index (χ3n) is 2.40. The lowest BCUT2D eigenvalue weighted by Gasteiger charge is -2.08. The second-order valence-corrected chi connectivity index (χ2v) is 3.24. The average Bonchev–Trinajstić information content (AvgIpc) is 2.62. The molecule has 0 fully saturated rings. The van der Waals surface area contributed by atoms with E-state index < -0.39 is 0 Å². The molecular formula is C12H12N. The summed E-state index contributed by atoms with van der Waals surface area (Å²) in [4.78, 5) is 0. The molecule has 1 nitrogen and oxygen atoms in total. The predicted octanol–water partition coefficient (Wildman–Crippen LogP) is 2.89. The van der Waals surface area contributed by atoms with Gasteiger partial charge in [-0.2, -0.15) is 0 Å². The summed E-state index contributed by atoms with van der Waals surface area (Å²) in [5.41, 5.74) is 3.89. The van der Waals surface area contributed by atoms with Gasteiger partial charge in [-0.05, 0) is 37.1 Å². The van der Waals surface area contributed by atoms with E-state index in [2.05, 4.69) is 42.7 Å². The molecule has 0 aliphatic heterocycles. The van der Waals surface area contributed by atoms with Crippen molar-refractivity contribution in [2.24, 2.45) is 0 Å². The molecule has 0 bridgehead atoms. The molecule has 1 heteroatoms. The summed E-state index contributed by atoms with van der Waals surface area (Å²) >= 11 is 0. The van der Waals surface area contributed by atoms with Crippen LogP contribution in [0.3, 0.4) is 0 Å². The predicted molar refractivity (Wildman–Crippen MR) is 54.1 cm³/mol. The summed E-state index contributed by atoms with van der Waals surface area (Å²) in [7, 11) is 0. The fourth-order valence-corrected chi connectivity index (χ4v) is 1.45. The number of hydrogen-bond acceptors (Lipinski definition) is 0. The molecule has 1 aromatic carbocycles. The Balaban J connectivity index is 2.59. The summed E-state index contributed by atoms with van der Waals surface area (Å²) in [5.74, 6) is 0. The van der Waals surface area contributed by atoms with E-state index in [-0.39, 0.29) is 0 Å². The van der Waals surface area contributed by atoms with Crippen LogP contribution in [0, 0.1) is 19.9 Å². The minimum Gasteiger partial charge on any atom is -0.323 e. The van der Waals surface area contributed by atoms with Crippen molar-refractivity contribution in [3.8, 4) is 5.69 Å². The number of hydrogen-bond donors (Lipinski definition) is 0. The topological polar surface area (TPSA) is 4.93 Å². The normalized spacial score (nSPS) is 10.3. The lowest BCUT2D eigenvalue weighted by Crippen LogP contribution is -1.94. The van der Waals surface area contributed by atoms with E-state index >= 15 is 0 Å². The van der Waals surface area contributed by atoms with Crippen LogP contribution in [-0.2, 0) is 0 Å². The number of benzene rings is 1. The van der Waals surface area contributed by atoms with Gasteiger partial charge in [0.15, 0.2) is 0 Å². The highest BCUT2D eigenvalue weighted by Crippen LogP contribution is 2.16. The van der Waals surface area contributed by atoms with Crippen LogP contribution >= 0.6 is 0 Å². The van der Waals surface area contributed by atoms with Gasteiger partial charge in [-0.1, -0.05) is 12.1 Å². The molecule has 0 N–H and O–H groups in total. The van der Waals surface area contributed by atoms with E-state index in [1.807, 2.05) is 18.5 Å². The molecule has 0 amide bonds. The first kappa shape index (κ1) is 8.11. The van der Waals surface area contributed by atoms with Gasteiger partial charge in [0, 0.05) is 24.1 Å². The number of aromatic nitrogens is 1. The molecule has 1 heterocycles. The number of rotatable bonds is 1. The summed E-state index contributed by atoms with van der Waals surface area (Å²) in [6.07, 6.45) is 3.96. The zero-order valence-corrected chi connectivity index (χ0v) is 7.91. The average molecular weight is 170 g/mol. The molecule has 0 unspecified atom stereocenters. The van der Waals surface area contributed by atoms with Crippen LogP contribution in [0.4, 0.5) is 0 Å². The monoisotopic (exact) mass is 170 g/mol. The fraction of sp³-hybridized carbons (Fsp3) is 0.167. The Morgan fingerprint density at radius 1 is 1.23 bits per heavy atom. The largest absolute Gasteiger partial charge is 0.323 e. The van der Waals surface area contributed by atoms with Crippen molar-refractivity contribution in [1.29, 1.82) is 0 Å². The van der Waals surface area contributed by atoms with Gasteiger partial charge in [-0.25, -0.2) is 0 Å². The molecule has 0 aliphatic carbocycles. The smallest absolute Gasteiger partial charge is 0.0481 e. The lowest BCUT2D eigenvalue weighted by atomic mass is 10.1. The first-order valence-corrected chi connectivity index (χ1v) is 4.39. The van der Waals surface area contributed by atoms with Gasteiger partial charge in [-0.15, -0.1) is 0 Å². The van der Waals surface area contributed by atoms with Crippen LogP contribution in [0.2, 0.25) is 0 Å². The summed E-state index contributed by atoms with van der Waals surface area (Å²) < 4.78 is 2.09. The Morgan fingerprint density at radius 2 is 2.08 bits per heavy atom. The Labute approximate surface area is 78.6 Å². The third kappa shape index (κ3) is 1.37. The quantitative estimate of drug-likeness (QED) is 0.620. The molecule has 0 aliphatic rings. The summed E-state index contributed by atoms with van der Waals surface area (Å²) in [6, 6.07) is 11.3. The van der Waals surface area contributed by atoms with Gasteiger partial charge in [0.25, 0.3) is 0 Å². The highest BCUT2D eigenvalue weighted by atomic mass is 14.9. The molecule has 1 radical (unpaired) electrons. The summed E-state index contributed by atoms with van der Waals surface area (Å²) in [5, 5.41) is 0. The van der Waals surface area contributed by atoms with Gasteiger partial charge in [-0.3, -0.25) is 0 Å². The zero-order valence-electron chi connectivity index (χ0n) is 7.91. The lowest BCUT2D eigenvalue weighted by molar-refractivity contribution is 1.05. The van der Waals surface area contributed by atoms with Gasteiger partial charge in [0.1, 0.15) is 0 Å². The Kier molecular flexibility index (Phi) is 1.93. The van der Waals surface area contributed by atoms with E-state index in [1.54, 1.807) is 0 Å². The van der Waals surface area contributed by atoms with E-state index in [9.17, 15) is 0 Å². The standard InChI is InChI=1S/C12H12N/c1-10-6-5-7-12(11(10)2)13-8-3-4-9-13/h3,5-9H,1-2H3. The zero-order chi connectivity index (χ0) is 9.26. The van der Waals surface area contributed by atoms with Crippen molar-refractivity contribution in [3.63, 3.8) is 0 Å². The molecule has 13 heavy (non-hydrogen) atoms. The first-order valence-electron chi connectivity index (χ1n) is 4.39. The summed E-state index contributed by atoms with van der Waals surface area (Å²) in [6.45, 7) is 4.27. The maximum atomic E-state index is 3.04. The second-order valence-electron chi connectivity index (χ2n) is 3.24. The van der Waals surface area contributed by atoms with Crippen molar-refractivity contribution in [2.45, 2.75) is 13.8 Å². The van der Waals surface area contributed by atoms with Crippen molar-refractivity contribution in [1.82, 2.24) is 4.57 Å². The maximum absolute atomic E-state index is 3.04. The van der Waals surface area contributed by atoms with Gasteiger partial charge < -0.3 is 4.57 Å². The SMILES string of the molecule is Cc1cccc(-n2c[c]cc2)c1C. The fourth-order valence-electron chi connectivity index (χ4n) is 1.45. The van der Waals surface area contributed by atoms with Gasteiger partial charge >= 0.3 is 0 Å². The molecule has 0 saturated carbocycles. The molecule has 0 saturated heterocycles. The Morgan fingerprint density at radius 3 is 2.77 bits per heavy atom. The Bertz CT molecular complexity index is 399. The van der Waals surface area contributed by atoms with E-state index in [0.717, 1.165) is 0 Å². The minimum atomic E-state index is 1.24. The molecule has 0 spiro atoms. The van der Waals surface area contributed by atoms with Crippen molar-refractivity contribution in [3.05, 3.63) is 53.9 Å². The van der Waals surface area contributed by atoms with E-state index in [1.165, 1.54) is 16.8 Å². The van der Waals surface area contributed by atoms with Crippen LogP contribution in [0.1, 0.15) is 11.1 Å². The highest BCUT2D eigenvalue weighted by molar-refractivity contribution is 5.44. The molecule has 65 valence electrons. The molecule has 2 rings (SSSR count). The van der Waals surface area contributed by atoms with Crippen molar-refractivity contribution < 1.29 is 0 Å². The van der Waals surface area contributed by atoms with E-state index in [0.29, 0.717) is 0 Å². The van der Waals surface area contributed by atoms with Gasteiger partial charge in [0.2, 0.25) is 0 Å². The van der Waals surface area contributed by atoms with Crippen LogP contribution < -0.4 is 0 Å². The van der Waals surface area contributed by atoms with Crippen molar-refractivity contribution in [2.75, 3.05) is 0 Å². The van der Waals surface area contributed by atoms with Gasteiger partial charge in [0.05, 0.1) is 0 Å². The molecule has 0 atom stereocenters. The van der Waals surface area contributed by atoms with Crippen molar-refractivity contribution >= 4 is 0 Å². The van der Waals surface area contributed by atoms with Crippen LogP contribution in [0.5, 0.6) is 0 Å². The number of aryl methyl sites for hydroxylation is 1. The van der Waals surface area contributed by atoms with Crippen LogP contribution in [-0.4, -0.2) is 4.57 Å². The molecular weight excluding hydrogens is 158 g/mol. The Hall–Kier alpha value is -1.50. The van der Waals surface area contributed by atoms with Crippen LogP contribution in [0.25, 0.3) is 5.69 Å². The first-order chi connectivity index (χ1) is 6.29. The highest BCUT2D eigenvalue weighted by Gasteiger charge is 2.00. The third-order valence-corrected chi connectivity index (χ3v) is 2.40.